The van der Waals surface area contributed by atoms with Gasteiger partial charge in [-0.1, -0.05) is 35.9 Å². The second-order valence-corrected chi connectivity index (χ2v) is 7.96. The quantitative estimate of drug-likeness (QED) is 0.316. The second-order valence-electron chi connectivity index (χ2n) is 7.52. The molecule has 1 fully saturated rings. The van der Waals surface area contributed by atoms with Crippen LogP contribution in [0.2, 0.25) is 5.02 Å². The zero-order valence-corrected chi connectivity index (χ0v) is 18.1. The monoisotopic (exact) mass is 457 g/mol. The number of likely N-dealkylation sites (tertiary alicyclic amines) is 1. The van der Waals surface area contributed by atoms with Crippen LogP contribution < -0.4 is 16.4 Å². The van der Waals surface area contributed by atoms with Crippen molar-refractivity contribution in [1.29, 1.82) is 5.41 Å². The number of nitrogens with one attached hydrogen (secondary N) is 3. The van der Waals surface area contributed by atoms with Crippen molar-refractivity contribution in [3.05, 3.63) is 64.2 Å². The molecule has 1 heterocycles. The number of nitrogens with zero attached hydrogens (tertiary/aromatic N) is 1. The summed E-state index contributed by atoms with van der Waals surface area (Å²) in [5, 5.41) is 23.6. The number of aliphatic hydroxyl groups excluding tert-OH is 1. The van der Waals surface area contributed by atoms with E-state index < -0.39 is 18.1 Å². The van der Waals surface area contributed by atoms with Crippen molar-refractivity contribution in [3.63, 3.8) is 0 Å². The molecule has 1 aliphatic rings. The molecule has 0 saturated carbocycles. The van der Waals surface area contributed by atoms with Crippen LogP contribution >= 0.6 is 11.6 Å². The van der Waals surface area contributed by atoms with Crippen LogP contribution in [0.3, 0.4) is 0 Å². The van der Waals surface area contributed by atoms with Crippen molar-refractivity contribution in [2.24, 2.45) is 5.73 Å². The van der Waals surface area contributed by atoms with E-state index in [1.54, 1.807) is 24.3 Å². The molecule has 168 valence electrons. The Labute approximate surface area is 190 Å². The first-order valence-corrected chi connectivity index (χ1v) is 10.3. The summed E-state index contributed by atoms with van der Waals surface area (Å²) in [6.07, 6.45) is -1.03. The maximum absolute atomic E-state index is 12.8. The molecule has 1 unspecified atom stereocenters. The predicted molar refractivity (Wildman–Crippen MR) is 120 cm³/mol. The van der Waals surface area contributed by atoms with Gasteiger partial charge in [-0.25, -0.2) is 0 Å². The van der Waals surface area contributed by atoms with Gasteiger partial charge in [0, 0.05) is 36.3 Å². The molecule has 6 N–H and O–H groups in total. The summed E-state index contributed by atoms with van der Waals surface area (Å²) in [7, 11) is 0. The van der Waals surface area contributed by atoms with Crippen molar-refractivity contribution in [2.45, 2.75) is 32.0 Å². The first kappa shape index (κ1) is 23.2. The maximum Gasteiger partial charge on any atom is 0.256 e. The average molecular weight is 458 g/mol. The van der Waals surface area contributed by atoms with Gasteiger partial charge in [-0.2, -0.15) is 0 Å². The summed E-state index contributed by atoms with van der Waals surface area (Å²) in [4.78, 5) is 38.0. The van der Waals surface area contributed by atoms with E-state index in [1.165, 1.54) is 30.0 Å². The highest BCUT2D eigenvalue weighted by atomic mass is 35.5. The van der Waals surface area contributed by atoms with Crippen molar-refractivity contribution < 1.29 is 19.5 Å². The minimum Gasteiger partial charge on any atom is -0.384 e. The number of hydrogen-bond donors (Lipinski definition) is 5. The third-order valence-corrected chi connectivity index (χ3v) is 5.35. The van der Waals surface area contributed by atoms with Gasteiger partial charge in [0.1, 0.15) is 11.9 Å². The largest absolute Gasteiger partial charge is 0.384 e. The Bertz CT molecular complexity index is 1060. The van der Waals surface area contributed by atoms with Gasteiger partial charge in [0.25, 0.3) is 5.91 Å². The van der Waals surface area contributed by atoms with E-state index in [9.17, 15) is 19.5 Å². The van der Waals surface area contributed by atoms with Gasteiger partial charge in [-0.05, 0) is 35.7 Å². The topological polar surface area (TPSA) is 149 Å². The number of rotatable bonds is 7. The summed E-state index contributed by atoms with van der Waals surface area (Å²) in [5.74, 6) is -1.28. The smallest absolute Gasteiger partial charge is 0.256 e. The second kappa shape index (κ2) is 9.80. The van der Waals surface area contributed by atoms with E-state index in [0.29, 0.717) is 24.2 Å². The maximum atomic E-state index is 12.8. The Morgan fingerprint density at radius 3 is 2.50 bits per heavy atom. The average Bonchev–Trinajstić information content (AvgIpc) is 2.70. The summed E-state index contributed by atoms with van der Waals surface area (Å²) < 4.78 is 0. The van der Waals surface area contributed by atoms with E-state index in [-0.39, 0.29) is 34.8 Å². The molecule has 0 spiro atoms. The fourth-order valence-corrected chi connectivity index (χ4v) is 3.62. The molecule has 2 aromatic rings. The molecule has 9 nitrogen and oxygen atoms in total. The molecule has 3 rings (SSSR count). The molecular weight excluding hydrogens is 434 g/mol. The lowest BCUT2D eigenvalue weighted by Gasteiger charge is -2.40. The Hall–Kier alpha value is -3.43. The molecule has 0 bridgehead atoms. The van der Waals surface area contributed by atoms with Crippen LogP contribution in [0.25, 0.3) is 0 Å². The van der Waals surface area contributed by atoms with Crippen molar-refractivity contribution in [2.75, 3.05) is 11.9 Å². The zero-order valence-electron chi connectivity index (χ0n) is 17.4. The van der Waals surface area contributed by atoms with Gasteiger partial charge in [-0.3, -0.25) is 19.8 Å². The Morgan fingerprint density at radius 1 is 1.25 bits per heavy atom. The molecule has 1 saturated heterocycles. The van der Waals surface area contributed by atoms with Crippen LogP contribution in [0.1, 0.15) is 36.1 Å². The Morgan fingerprint density at radius 2 is 1.94 bits per heavy atom. The molecule has 0 aromatic heterocycles. The van der Waals surface area contributed by atoms with Crippen molar-refractivity contribution >= 4 is 40.8 Å². The predicted octanol–water partition coefficient (Wildman–Crippen LogP) is 1.53. The summed E-state index contributed by atoms with van der Waals surface area (Å²) in [6, 6.07) is 10.6. The SMILES string of the molecule is CC(=O)Nc1cc(Cl)cc([C@H](O)C(=O)N2CCC2C(=O)NCc2ccc(C(=N)N)cc2)c1. The molecular formula is C22H24ClN5O4. The van der Waals surface area contributed by atoms with Gasteiger partial charge in [0.05, 0.1) is 0 Å². The highest BCUT2D eigenvalue weighted by molar-refractivity contribution is 6.31. The minimum atomic E-state index is -1.52. The van der Waals surface area contributed by atoms with Crippen molar-refractivity contribution in [3.8, 4) is 0 Å². The summed E-state index contributed by atoms with van der Waals surface area (Å²) >= 11 is 6.05. The van der Waals surface area contributed by atoms with Crippen LogP contribution in [0, 0.1) is 5.41 Å². The van der Waals surface area contributed by atoms with E-state index in [0.717, 1.165) is 5.56 Å². The number of amides is 3. The molecule has 2 aromatic carbocycles. The molecule has 0 radical (unpaired) electrons. The van der Waals surface area contributed by atoms with Gasteiger partial charge in [0.2, 0.25) is 11.8 Å². The molecule has 1 aliphatic heterocycles. The number of halogens is 1. The first-order valence-electron chi connectivity index (χ1n) is 9.93. The fraction of sp³-hybridized carbons (Fsp3) is 0.273. The van der Waals surface area contributed by atoms with Crippen LogP contribution in [-0.2, 0) is 20.9 Å². The molecule has 2 atom stereocenters. The lowest BCUT2D eigenvalue weighted by atomic mass is 9.98. The molecule has 3 amide bonds. The molecule has 10 heteroatoms. The number of benzene rings is 2. The Kier molecular flexibility index (Phi) is 7.12. The third kappa shape index (κ3) is 5.43. The number of aliphatic hydroxyl groups is 1. The molecule has 32 heavy (non-hydrogen) atoms. The summed E-state index contributed by atoms with van der Waals surface area (Å²) in [5.41, 5.74) is 7.43. The number of carbonyl (C=O) groups is 3. The van der Waals surface area contributed by atoms with Crippen LogP contribution in [0.5, 0.6) is 0 Å². The van der Waals surface area contributed by atoms with Gasteiger partial charge in [-0.15, -0.1) is 0 Å². The van der Waals surface area contributed by atoms with Gasteiger partial charge >= 0.3 is 0 Å². The number of amidine groups is 1. The highest BCUT2D eigenvalue weighted by Crippen LogP contribution is 2.28. The van der Waals surface area contributed by atoms with E-state index >= 15 is 0 Å². The molecule has 0 aliphatic carbocycles. The van der Waals surface area contributed by atoms with Crippen LogP contribution in [-0.4, -0.2) is 46.2 Å². The lowest BCUT2D eigenvalue weighted by Crippen LogP contribution is -2.59. The zero-order chi connectivity index (χ0) is 23.4. The fourth-order valence-electron chi connectivity index (χ4n) is 3.38. The number of carbonyl (C=O) groups excluding carboxylic acids is 3. The summed E-state index contributed by atoms with van der Waals surface area (Å²) in [6.45, 7) is 1.94. The van der Waals surface area contributed by atoms with Gasteiger partial charge in [0.15, 0.2) is 6.10 Å². The third-order valence-electron chi connectivity index (χ3n) is 5.13. The standard InChI is InChI=1S/C22H24ClN5O4/c1-12(29)27-17-9-15(8-16(23)10-17)19(30)22(32)28-7-6-18(28)21(31)26-11-13-2-4-14(5-3-13)20(24)25/h2-5,8-10,18-19,30H,6-7,11H2,1H3,(H3,24,25)(H,26,31)(H,27,29)/t18?,19-/m0/s1. The number of nitrogens with two attached hydrogens (primary N) is 1. The normalized spacial score (nSPS) is 16.0. The number of hydrogen-bond acceptors (Lipinski definition) is 5. The Balaban J connectivity index is 1.61. The number of anilines is 1. The minimum absolute atomic E-state index is 0.0355. The highest BCUT2D eigenvalue weighted by Gasteiger charge is 2.40. The lowest BCUT2D eigenvalue weighted by molar-refractivity contribution is -0.154. The van der Waals surface area contributed by atoms with E-state index in [2.05, 4.69) is 10.6 Å². The van der Waals surface area contributed by atoms with E-state index in [4.69, 9.17) is 22.7 Å². The van der Waals surface area contributed by atoms with Gasteiger partial charge < -0.3 is 26.4 Å². The first-order chi connectivity index (χ1) is 15.2. The van der Waals surface area contributed by atoms with Crippen LogP contribution in [0.4, 0.5) is 5.69 Å². The van der Waals surface area contributed by atoms with E-state index in [1.807, 2.05) is 0 Å². The van der Waals surface area contributed by atoms with Crippen LogP contribution in [0.15, 0.2) is 42.5 Å². The number of nitrogen functional groups attached to an aromatic ring is 1. The van der Waals surface area contributed by atoms with Crippen molar-refractivity contribution in [1.82, 2.24) is 10.2 Å².